The van der Waals surface area contributed by atoms with E-state index in [-0.39, 0.29) is 30.6 Å². The SMILES string of the molecule is COc1ccc(N=C2S[C@H](CC(=O)Nc3ccccc3Cl)C(=O)N2Cc2ccc(F)cc2)cc1. The van der Waals surface area contributed by atoms with E-state index in [0.29, 0.717) is 27.3 Å². The monoisotopic (exact) mass is 497 g/mol. The van der Waals surface area contributed by atoms with Crippen LogP contribution in [0.25, 0.3) is 0 Å². The predicted molar refractivity (Wildman–Crippen MR) is 133 cm³/mol. The number of rotatable bonds is 7. The quantitative estimate of drug-likeness (QED) is 0.458. The van der Waals surface area contributed by atoms with Crippen molar-refractivity contribution >= 4 is 51.7 Å². The molecular formula is C25H21ClFN3O3S. The molecule has 6 nitrogen and oxygen atoms in total. The number of methoxy groups -OCH3 is 1. The van der Waals surface area contributed by atoms with Crippen LogP contribution < -0.4 is 10.1 Å². The smallest absolute Gasteiger partial charge is 0.242 e. The normalized spacial score (nSPS) is 16.7. The van der Waals surface area contributed by atoms with Gasteiger partial charge in [-0.25, -0.2) is 9.38 Å². The van der Waals surface area contributed by atoms with Crippen LogP contribution in [0.5, 0.6) is 5.75 Å². The molecule has 34 heavy (non-hydrogen) atoms. The van der Waals surface area contributed by atoms with Gasteiger partial charge < -0.3 is 10.1 Å². The number of halogens is 2. The number of ether oxygens (including phenoxy) is 1. The molecule has 1 aliphatic heterocycles. The minimum Gasteiger partial charge on any atom is -0.497 e. The molecule has 0 radical (unpaired) electrons. The van der Waals surface area contributed by atoms with Crippen LogP contribution in [0.15, 0.2) is 77.8 Å². The maximum Gasteiger partial charge on any atom is 0.242 e. The van der Waals surface area contributed by atoms with Gasteiger partial charge in [0.2, 0.25) is 11.8 Å². The number of para-hydroxylation sites is 1. The second-order valence-electron chi connectivity index (χ2n) is 7.48. The van der Waals surface area contributed by atoms with Crippen LogP contribution in [0, 0.1) is 5.82 Å². The van der Waals surface area contributed by atoms with Gasteiger partial charge in [0.15, 0.2) is 5.17 Å². The summed E-state index contributed by atoms with van der Waals surface area (Å²) < 4.78 is 18.5. The highest BCUT2D eigenvalue weighted by Gasteiger charge is 2.39. The van der Waals surface area contributed by atoms with E-state index in [1.807, 2.05) is 0 Å². The fourth-order valence-corrected chi connectivity index (χ4v) is 4.68. The molecule has 1 aliphatic rings. The van der Waals surface area contributed by atoms with Gasteiger partial charge in [-0.15, -0.1) is 0 Å². The third-order valence-electron chi connectivity index (χ3n) is 5.09. The number of carbonyl (C=O) groups is 2. The molecule has 4 rings (SSSR count). The number of anilines is 1. The lowest BCUT2D eigenvalue weighted by Crippen LogP contribution is -2.33. The second-order valence-corrected chi connectivity index (χ2v) is 9.06. The Morgan fingerprint density at radius 1 is 1.12 bits per heavy atom. The largest absolute Gasteiger partial charge is 0.497 e. The molecule has 0 aliphatic carbocycles. The average Bonchev–Trinajstić information content (AvgIpc) is 3.11. The highest BCUT2D eigenvalue weighted by atomic mass is 35.5. The summed E-state index contributed by atoms with van der Waals surface area (Å²) in [6.45, 7) is 0.212. The van der Waals surface area contributed by atoms with Gasteiger partial charge in [0.25, 0.3) is 0 Å². The van der Waals surface area contributed by atoms with Crippen molar-refractivity contribution in [1.82, 2.24) is 4.90 Å². The van der Waals surface area contributed by atoms with Crippen LogP contribution in [0.4, 0.5) is 15.8 Å². The van der Waals surface area contributed by atoms with Crippen molar-refractivity contribution in [2.75, 3.05) is 12.4 Å². The Morgan fingerprint density at radius 2 is 1.82 bits per heavy atom. The molecule has 0 unspecified atom stereocenters. The number of benzene rings is 3. The molecule has 9 heteroatoms. The first-order valence-corrected chi connectivity index (χ1v) is 11.7. The zero-order valence-electron chi connectivity index (χ0n) is 18.2. The van der Waals surface area contributed by atoms with E-state index in [9.17, 15) is 14.0 Å². The number of aliphatic imine (C=N–C) groups is 1. The topological polar surface area (TPSA) is 71.0 Å². The number of amidine groups is 1. The highest BCUT2D eigenvalue weighted by molar-refractivity contribution is 8.15. The Bertz CT molecular complexity index is 1220. The van der Waals surface area contributed by atoms with Crippen molar-refractivity contribution in [2.45, 2.75) is 18.2 Å². The van der Waals surface area contributed by atoms with Crippen LogP contribution in [0.2, 0.25) is 5.02 Å². The summed E-state index contributed by atoms with van der Waals surface area (Å²) >= 11 is 7.35. The summed E-state index contributed by atoms with van der Waals surface area (Å²) in [5.41, 5.74) is 1.88. The lowest BCUT2D eigenvalue weighted by molar-refractivity contribution is -0.128. The first kappa shape index (κ1) is 23.8. The lowest BCUT2D eigenvalue weighted by atomic mass is 10.2. The molecule has 0 spiro atoms. The predicted octanol–water partition coefficient (Wildman–Crippen LogP) is 5.65. The number of hydrogen-bond donors (Lipinski definition) is 1. The molecule has 1 N–H and O–H groups in total. The molecule has 1 heterocycles. The van der Waals surface area contributed by atoms with Gasteiger partial charge in [-0.3, -0.25) is 14.5 Å². The zero-order chi connectivity index (χ0) is 24.1. The van der Waals surface area contributed by atoms with Gasteiger partial charge in [-0.1, -0.05) is 47.6 Å². The Labute approximate surface area is 205 Å². The Morgan fingerprint density at radius 3 is 2.50 bits per heavy atom. The van der Waals surface area contributed by atoms with Crippen LogP contribution in [-0.2, 0) is 16.1 Å². The number of nitrogens with zero attached hydrogens (tertiary/aromatic N) is 2. The number of amides is 2. The number of nitrogens with one attached hydrogen (secondary N) is 1. The van der Waals surface area contributed by atoms with Crippen LogP contribution >= 0.6 is 23.4 Å². The first-order valence-electron chi connectivity index (χ1n) is 10.4. The molecule has 1 atom stereocenters. The molecule has 1 saturated heterocycles. The van der Waals surface area contributed by atoms with Gasteiger partial charge in [0.1, 0.15) is 16.8 Å². The lowest BCUT2D eigenvalue weighted by Gasteiger charge is -2.17. The van der Waals surface area contributed by atoms with Crippen LogP contribution in [0.3, 0.4) is 0 Å². The summed E-state index contributed by atoms with van der Waals surface area (Å²) in [7, 11) is 1.58. The molecule has 0 bridgehead atoms. The van der Waals surface area contributed by atoms with Crippen molar-refractivity contribution in [1.29, 1.82) is 0 Å². The molecule has 0 aromatic heterocycles. The Balaban J connectivity index is 1.55. The Hall–Kier alpha value is -3.36. The van der Waals surface area contributed by atoms with Gasteiger partial charge in [0.05, 0.1) is 30.1 Å². The molecule has 0 saturated carbocycles. The van der Waals surface area contributed by atoms with Crippen LogP contribution in [0.1, 0.15) is 12.0 Å². The fraction of sp³-hybridized carbons (Fsp3) is 0.160. The third kappa shape index (κ3) is 5.76. The molecule has 2 amide bonds. The van der Waals surface area contributed by atoms with E-state index in [1.54, 1.807) is 67.8 Å². The highest BCUT2D eigenvalue weighted by Crippen LogP contribution is 2.33. The maximum absolute atomic E-state index is 13.3. The van der Waals surface area contributed by atoms with Crippen molar-refractivity contribution in [3.05, 3.63) is 89.2 Å². The number of hydrogen-bond acceptors (Lipinski definition) is 5. The van der Waals surface area contributed by atoms with Crippen LogP contribution in [-0.4, -0.2) is 34.2 Å². The second kappa shape index (κ2) is 10.7. The van der Waals surface area contributed by atoms with E-state index in [0.717, 1.165) is 5.56 Å². The molecule has 3 aromatic rings. The van der Waals surface area contributed by atoms with Crippen molar-refractivity contribution in [3.63, 3.8) is 0 Å². The minimum absolute atomic E-state index is 0.0454. The van der Waals surface area contributed by atoms with E-state index >= 15 is 0 Å². The van der Waals surface area contributed by atoms with E-state index in [4.69, 9.17) is 16.3 Å². The standard InChI is InChI=1S/C25H21ClFN3O3S/c1-33-19-12-10-18(11-13-19)28-25-30(15-16-6-8-17(27)9-7-16)24(32)22(34-25)14-23(31)29-21-5-3-2-4-20(21)26/h2-13,22H,14-15H2,1H3,(H,29,31)/t22-/m1/s1. The van der Waals surface area contributed by atoms with E-state index in [1.165, 1.54) is 28.8 Å². The number of thioether (sulfide) groups is 1. The third-order valence-corrected chi connectivity index (χ3v) is 6.59. The maximum atomic E-state index is 13.3. The van der Waals surface area contributed by atoms with Gasteiger partial charge >= 0.3 is 0 Å². The summed E-state index contributed by atoms with van der Waals surface area (Å²) in [6.07, 6.45) is -0.0454. The van der Waals surface area contributed by atoms with Gasteiger partial charge in [-0.05, 0) is 54.1 Å². The van der Waals surface area contributed by atoms with Gasteiger partial charge in [-0.2, -0.15) is 0 Å². The molecule has 3 aromatic carbocycles. The van der Waals surface area contributed by atoms with Gasteiger partial charge in [0, 0.05) is 6.42 Å². The average molecular weight is 498 g/mol. The summed E-state index contributed by atoms with van der Waals surface area (Å²) in [5.74, 6) is -0.231. The minimum atomic E-state index is -0.653. The van der Waals surface area contributed by atoms with E-state index < -0.39 is 5.25 Å². The molecule has 1 fully saturated rings. The van der Waals surface area contributed by atoms with Crippen molar-refractivity contribution in [2.24, 2.45) is 4.99 Å². The summed E-state index contributed by atoms with van der Waals surface area (Å²) in [5, 5.41) is 2.99. The summed E-state index contributed by atoms with van der Waals surface area (Å²) in [6, 6.07) is 20.0. The molecular weight excluding hydrogens is 477 g/mol. The fourth-order valence-electron chi connectivity index (χ4n) is 3.34. The van der Waals surface area contributed by atoms with Crippen molar-refractivity contribution in [3.8, 4) is 5.75 Å². The first-order chi connectivity index (χ1) is 16.4. The molecule has 174 valence electrons. The van der Waals surface area contributed by atoms with Crippen molar-refractivity contribution < 1.29 is 18.7 Å². The number of carbonyl (C=O) groups excluding carboxylic acids is 2. The Kier molecular flexibility index (Phi) is 7.49. The zero-order valence-corrected chi connectivity index (χ0v) is 19.8. The van der Waals surface area contributed by atoms with E-state index in [2.05, 4.69) is 10.3 Å². The summed E-state index contributed by atoms with van der Waals surface area (Å²) in [4.78, 5) is 32.1.